The minimum atomic E-state index is 0.0918. The predicted octanol–water partition coefficient (Wildman–Crippen LogP) is 4.91. The van der Waals surface area contributed by atoms with Gasteiger partial charge in [0.05, 0.1) is 12.2 Å². The first-order valence-corrected chi connectivity index (χ1v) is 9.98. The number of benzene rings is 2. The summed E-state index contributed by atoms with van der Waals surface area (Å²) in [6, 6.07) is 17.2. The third-order valence-electron chi connectivity index (χ3n) is 4.90. The quantitative estimate of drug-likeness (QED) is 0.485. The van der Waals surface area contributed by atoms with Crippen molar-refractivity contribution >= 4 is 33.8 Å². The first kappa shape index (κ1) is 16.5. The van der Waals surface area contributed by atoms with Crippen LogP contribution in [0.15, 0.2) is 60.8 Å². The molecule has 1 amide bonds. The summed E-state index contributed by atoms with van der Waals surface area (Å²) in [5.41, 5.74) is 4.01. The Hall–Kier alpha value is -2.63. The van der Waals surface area contributed by atoms with Gasteiger partial charge in [-0.3, -0.25) is 9.20 Å². The monoisotopic (exact) mass is 393 g/mol. The number of fused-ring (bicyclic) bond motifs is 3. The van der Waals surface area contributed by atoms with Gasteiger partial charge in [-0.2, -0.15) is 0 Å². The lowest BCUT2D eigenvalue weighted by atomic mass is 10.1. The molecule has 134 valence electrons. The van der Waals surface area contributed by atoms with Crippen LogP contribution in [0.1, 0.15) is 20.9 Å². The molecule has 1 aliphatic rings. The average Bonchev–Trinajstić information content (AvgIpc) is 3.26. The summed E-state index contributed by atoms with van der Waals surface area (Å²) >= 11 is 7.65. The van der Waals surface area contributed by atoms with Gasteiger partial charge in [-0.1, -0.05) is 53.3 Å². The van der Waals surface area contributed by atoms with Crippen LogP contribution in [0.3, 0.4) is 0 Å². The Morgan fingerprint density at radius 1 is 1.07 bits per heavy atom. The first-order chi connectivity index (χ1) is 13.2. The van der Waals surface area contributed by atoms with E-state index < -0.39 is 0 Å². The molecule has 0 unspecified atom stereocenters. The largest absolute Gasteiger partial charge is 0.333 e. The van der Waals surface area contributed by atoms with Crippen molar-refractivity contribution in [1.29, 1.82) is 0 Å². The van der Waals surface area contributed by atoms with E-state index in [0.717, 1.165) is 39.8 Å². The number of amides is 1. The molecular weight excluding hydrogens is 378 g/mol. The fourth-order valence-corrected chi connectivity index (χ4v) is 4.80. The van der Waals surface area contributed by atoms with Gasteiger partial charge >= 0.3 is 0 Å². The third kappa shape index (κ3) is 2.93. The lowest BCUT2D eigenvalue weighted by molar-refractivity contribution is 0.0736. The van der Waals surface area contributed by atoms with Crippen LogP contribution in [0, 0.1) is 0 Å². The molecule has 0 fully saturated rings. The molecular formula is C21H16ClN3OS. The van der Waals surface area contributed by atoms with E-state index in [9.17, 15) is 4.79 Å². The molecule has 1 aliphatic heterocycles. The highest BCUT2D eigenvalue weighted by atomic mass is 35.5. The Balaban J connectivity index is 1.44. The van der Waals surface area contributed by atoms with E-state index in [4.69, 9.17) is 16.6 Å². The second-order valence-corrected chi connectivity index (χ2v) is 8.10. The number of nitrogens with zero attached hydrogens (tertiary/aromatic N) is 3. The normalized spacial score (nSPS) is 13.7. The maximum absolute atomic E-state index is 12.7. The van der Waals surface area contributed by atoms with E-state index in [1.165, 1.54) is 10.6 Å². The van der Waals surface area contributed by atoms with Crippen molar-refractivity contribution in [3.8, 4) is 11.3 Å². The van der Waals surface area contributed by atoms with Crippen molar-refractivity contribution in [3.05, 3.63) is 82.0 Å². The second-order valence-electron chi connectivity index (χ2n) is 6.60. The highest BCUT2D eigenvalue weighted by molar-refractivity contribution is 7.17. The summed E-state index contributed by atoms with van der Waals surface area (Å²) in [7, 11) is 0. The number of hydrogen-bond donors (Lipinski definition) is 0. The predicted molar refractivity (Wildman–Crippen MR) is 108 cm³/mol. The van der Waals surface area contributed by atoms with Crippen LogP contribution in [-0.2, 0) is 13.0 Å². The number of thiazole rings is 1. The zero-order valence-electron chi connectivity index (χ0n) is 14.4. The molecule has 0 bridgehead atoms. The van der Waals surface area contributed by atoms with Crippen LogP contribution in [0.2, 0.25) is 5.02 Å². The van der Waals surface area contributed by atoms with Crippen molar-refractivity contribution in [1.82, 2.24) is 14.3 Å². The molecule has 5 rings (SSSR count). The van der Waals surface area contributed by atoms with Gasteiger partial charge < -0.3 is 4.90 Å². The highest BCUT2D eigenvalue weighted by Crippen LogP contribution is 2.32. The Morgan fingerprint density at radius 3 is 2.63 bits per heavy atom. The second kappa shape index (κ2) is 6.51. The number of hydrogen-bond acceptors (Lipinski definition) is 3. The zero-order valence-corrected chi connectivity index (χ0v) is 16.0. The maximum atomic E-state index is 12.7. The molecule has 4 nitrogen and oxygen atoms in total. The minimum absolute atomic E-state index is 0.0918. The smallest absolute Gasteiger partial charge is 0.254 e. The summed E-state index contributed by atoms with van der Waals surface area (Å²) in [5.74, 6) is 0.0918. The van der Waals surface area contributed by atoms with Gasteiger partial charge in [0.25, 0.3) is 5.91 Å². The number of aromatic nitrogens is 2. The summed E-state index contributed by atoms with van der Waals surface area (Å²) in [5, 5.41) is 0.723. The number of rotatable bonds is 2. The van der Waals surface area contributed by atoms with E-state index in [1.54, 1.807) is 11.3 Å². The first-order valence-electron chi connectivity index (χ1n) is 8.79. The number of imidazole rings is 1. The number of carbonyl (C=O) groups excluding carboxylic acids is 1. The molecule has 0 radical (unpaired) electrons. The summed E-state index contributed by atoms with van der Waals surface area (Å²) in [4.78, 5) is 21.6. The van der Waals surface area contributed by atoms with E-state index in [-0.39, 0.29) is 5.91 Å². The SMILES string of the molecule is O=C(c1ccccc1)N1CCc2c(sc3nc(-c4ccc(Cl)cc4)cn23)C1. The molecule has 0 atom stereocenters. The molecule has 0 N–H and O–H groups in total. The minimum Gasteiger partial charge on any atom is -0.333 e. The Kier molecular flexibility index (Phi) is 3.99. The van der Waals surface area contributed by atoms with Crippen LogP contribution < -0.4 is 0 Å². The van der Waals surface area contributed by atoms with Crippen molar-refractivity contribution in [2.45, 2.75) is 13.0 Å². The Labute approximate surface area is 165 Å². The van der Waals surface area contributed by atoms with Crippen molar-refractivity contribution < 1.29 is 4.79 Å². The van der Waals surface area contributed by atoms with Gasteiger partial charge in [0.15, 0.2) is 4.96 Å². The zero-order chi connectivity index (χ0) is 18.4. The van der Waals surface area contributed by atoms with Crippen molar-refractivity contribution in [2.24, 2.45) is 0 Å². The van der Waals surface area contributed by atoms with Crippen LogP contribution >= 0.6 is 22.9 Å². The van der Waals surface area contributed by atoms with Crippen LogP contribution in [0.4, 0.5) is 0 Å². The number of carbonyl (C=O) groups is 1. The molecule has 2 aromatic carbocycles. The lowest BCUT2D eigenvalue weighted by Crippen LogP contribution is -2.35. The van der Waals surface area contributed by atoms with Gasteiger partial charge in [0, 0.05) is 45.9 Å². The van der Waals surface area contributed by atoms with Gasteiger partial charge in [-0.05, 0) is 24.3 Å². The van der Waals surface area contributed by atoms with E-state index in [1.807, 2.05) is 59.5 Å². The summed E-state index contributed by atoms with van der Waals surface area (Å²) in [6.45, 7) is 1.37. The van der Waals surface area contributed by atoms with Crippen LogP contribution in [0.5, 0.6) is 0 Å². The van der Waals surface area contributed by atoms with Gasteiger partial charge in [0.1, 0.15) is 0 Å². The fourth-order valence-electron chi connectivity index (χ4n) is 3.51. The topological polar surface area (TPSA) is 37.6 Å². The van der Waals surface area contributed by atoms with Crippen LogP contribution in [0.25, 0.3) is 16.2 Å². The lowest BCUT2D eigenvalue weighted by Gasteiger charge is -2.26. The van der Waals surface area contributed by atoms with E-state index in [2.05, 4.69) is 10.6 Å². The van der Waals surface area contributed by atoms with Crippen molar-refractivity contribution in [3.63, 3.8) is 0 Å². The Morgan fingerprint density at radius 2 is 1.85 bits per heavy atom. The fraction of sp³-hybridized carbons (Fsp3) is 0.143. The van der Waals surface area contributed by atoms with Gasteiger partial charge in [0.2, 0.25) is 0 Å². The molecule has 3 heterocycles. The van der Waals surface area contributed by atoms with Crippen molar-refractivity contribution in [2.75, 3.05) is 6.54 Å². The van der Waals surface area contributed by atoms with Gasteiger partial charge in [-0.25, -0.2) is 4.98 Å². The average molecular weight is 394 g/mol. The molecule has 6 heteroatoms. The molecule has 0 saturated heterocycles. The molecule has 4 aromatic rings. The molecule has 2 aromatic heterocycles. The Bertz CT molecular complexity index is 1130. The summed E-state index contributed by atoms with van der Waals surface area (Å²) in [6.07, 6.45) is 2.92. The summed E-state index contributed by atoms with van der Waals surface area (Å²) < 4.78 is 2.17. The molecule has 0 aliphatic carbocycles. The number of halogens is 1. The third-order valence-corrected chi connectivity index (χ3v) is 6.24. The highest BCUT2D eigenvalue weighted by Gasteiger charge is 2.26. The van der Waals surface area contributed by atoms with Crippen LogP contribution in [-0.4, -0.2) is 26.7 Å². The molecule has 0 spiro atoms. The van der Waals surface area contributed by atoms with Gasteiger partial charge in [-0.15, -0.1) is 0 Å². The van der Waals surface area contributed by atoms with E-state index in [0.29, 0.717) is 6.54 Å². The maximum Gasteiger partial charge on any atom is 0.254 e. The molecule has 0 saturated carbocycles. The van der Waals surface area contributed by atoms with E-state index >= 15 is 0 Å². The standard InChI is InChI=1S/C21H16ClN3OS/c22-16-8-6-14(7-9-16)17-12-25-18-10-11-24(13-19(18)27-21(25)23-17)20(26)15-4-2-1-3-5-15/h1-9,12H,10-11,13H2. The molecule has 27 heavy (non-hydrogen) atoms.